The number of ether oxygens (including phenoxy) is 3. The molecule has 0 aromatic carbocycles. The van der Waals surface area contributed by atoms with Crippen molar-refractivity contribution in [3.8, 4) is 0 Å². The normalized spacial score (nSPS) is 39.9. The Labute approximate surface area is 125 Å². The van der Waals surface area contributed by atoms with Gasteiger partial charge >= 0.3 is 12.1 Å². The highest BCUT2D eigenvalue weighted by molar-refractivity contribution is 5.66. The van der Waals surface area contributed by atoms with Crippen LogP contribution < -0.4 is 0 Å². The maximum Gasteiger partial charge on any atom is 0.508 e. The van der Waals surface area contributed by atoms with Gasteiger partial charge in [0.25, 0.3) is 0 Å². The van der Waals surface area contributed by atoms with E-state index < -0.39 is 11.8 Å². The van der Waals surface area contributed by atoms with E-state index in [9.17, 15) is 9.59 Å². The van der Waals surface area contributed by atoms with Crippen LogP contribution in [0.5, 0.6) is 0 Å². The van der Waals surface area contributed by atoms with Crippen LogP contribution in [0, 0.1) is 17.3 Å². The van der Waals surface area contributed by atoms with E-state index in [-0.39, 0.29) is 11.4 Å². The van der Waals surface area contributed by atoms with Crippen molar-refractivity contribution in [2.75, 3.05) is 13.2 Å². The van der Waals surface area contributed by atoms with Crippen LogP contribution in [-0.4, -0.2) is 30.9 Å². The second-order valence-electron chi connectivity index (χ2n) is 7.21. The molecule has 4 fully saturated rings. The highest BCUT2D eigenvalue weighted by Crippen LogP contribution is 2.62. The molecule has 0 N–H and O–H groups in total. The predicted octanol–water partition coefficient (Wildman–Crippen LogP) is 3.06. The molecule has 4 aliphatic rings. The zero-order chi connectivity index (χ0) is 15.1. The summed E-state index contributed by atoms with van der Waals surface area (Å²) >= 11 is 0. The third-order valence-electron chi connectivity index (χ3n) is 5.27. The standard InChI is InChI=1S/C16H24O5/c1-3-19-14(18)21-16-7-12-4-13(8-16)6-15(5-12,9-16)10-20-11(2)17/h12-13H,3-10H2,1-2H3. The quantitative estimate of drug-likeness (QED) is 0.746. The zero-order valence-corrected chi connectivity index (χ0v) is 12.9. The fourth-order valence-corrected chi connectivity index (χ4v) is 5.23. The molecule has 4 bridgehead atoms. The lowest BCUT2D eigenvalue weighted by atomic mass is 9.48. The van der Waals surface area contributed by atoms with E-state index in [0.717, 1.165) is 32.1 Å². The Balaban J connectivity index is 1.74. The highest BCUT2D eigenvalue weighted by atomic mass is 16.7. The fourth-order valence-electron chi connectivity index (χ4n) is 5.23. The Hall–Kier alpha value is -1.26. The topological polar surface area (TPSA) is 61.8 Å². The van der Waals surface area contributed by atoms with Crippen LogP contribution in [0.4, 0.5) is 4.79 Å². The Kier molecular flexibility index (Phi) is 3.62. The Bertz CT molecular complexity index is 430. The first kappa shape index (κ1) is 14.7. The van der Waals surface area contributed by atoms with Crippen LogP contribution in [-0.2, 0) is 19.0 Å². The van der Waals surface area contributed by atoms with Gasteiger partial charge in [0.1, 0.15) is 5.60 Å². The number of esters is 1. The monoisotopic (exact) mass is 296 g/mol. The maximum atomic E-state index is 11.8. The minimum atomic E-state index is -0.554. The summed E-state index contributed by atoms with van der Waals surface area (Å²) in [5.74, 6) is 0.929. The highest BCUT2D eigenvalue weighted by Gasteiger charge is 2.60. The second kappa shape index (κ2) is 5.18. The van der Waals surface area contributed by atoms with Crippen LogP contribution in [0.15, 0.2) is 0 Å². The van der Waals surface area contributed by atoms with Crippen molar-refractivity contribution in [1.29, 1.82) is 0 Å². The summed E-state index contributed by atoms with van der Waals surface area (Å²) in [5, 5.41) is 0. The van der Waals surface area contributed by atoms with E-state index in [1.165, 1.54) is 13.3 Å². The molecule has 4 aliphatic carbocycles. The Morgan fingerprint density at radius 3 is 2.33 bits per heavy atom. The summed E-state index contributed by atoms with van der Waals surface area (Å²) in [6, 6.07) is 0. The molecule has 0 amide bonds. The van der Waals surface area contributed by atoms with E-state index in [1.807, 2.05) is 0 Å². The number of hydrogen-bond donors (Lipinski definition) is 0. The van der Waals surface area contributed by atoms with E-state index in [2.05, 4.69) is 0 Å². The molecule has 5 nitrogen and oxygen atoms in total. The molecule has 0 heterocycles. The van der Waals surface area contributed by atoms with E-state index >= 15 is 0 Å². The van der Waals surface area contributed by atoms with Gasteiger partial charge in [0, 0.05) is 12.3 Å². The van der Waals surface area contributed by atoms with Gasteiger partial charge in [-0.1, -0.05) is 0 Å². The summed E-state index contributed by atoms with van der Waals surface area (Å²) in [6.45, 7) is 4.03. The van der Waals surface area contributed by atoms with Gasteiger partial charge in [-0.25, -0.2) is 4.79 Å². The van der Waals surface area contributed by atoms with Crippen molar-refractivity contribution < 1.29 is 23.8 Å². The zero-order valence-electron chi connectivity index (χ0n) is 12.9. The molecule has 2 atom stereocenters. The SMILES string of the molecule is CCOC(=O)OC12CC3CC(CC(COC(C)=O)(C3)C1)C2. The van der Waals surface area contributed by atoms with Crippen molar-refractivity contribution in [3.63, 3.8) is 0 Å². The van der Waals surface area contributed by atoms with Crippen LogP contribution in [0.3, 0.4) is 0 Å². The lowest BCUT2D eigenvalue weighted by Crippen LogP contribution is -2.58. The summed E-state index contributed by atoms with van der Waals surface area (Å²) in [6.07, 6.45) is 5.51. The van der Waals surface area contributed by atoms with Gasteiger partial charge in [-0.15, -0.1) is 0 Å². The summed E-state index contributed by atoms with van der Waals surface area (Å²) in [4.78, 5) is 22.9. The van der Waals surface area contributed by atoms with Crippen LogP contribution in [0.25, 0.3) is 0 Å². The first-order chi connectivity index (χ1) is 9.94. The smallest absolute Gasteiger partial charge is 0.465 e. The summed E-state index contributed by atoms with van der Waals surface area (Å²) in [5.41, 5.74) is -0.390. The maximum absolute atomic E-state index is 11.8. The van der Waals surface area contributed by atoms with E-state index in [0.29, 0.717) is 25.0 Å². The molecule has 2 unspecified atom stereocenters. The minimum Gasteiger partial charge on any atom is -0.465 e. The molecule has 0 spiro atoms. The van der Waals surface area contributed by atoms with Gasteiger partial charge in [-0.05, 0) is 57.3 Å². The lowest BCUT2D eigenvalue weighted by Gasteiger charge is -2.60. The van der Waals surface area contributed by atoms with Gasteiger partial charge < -0.3 is 14.2 Å². The van der Waals surface area contributed by atoms with E-state index in [1.54, 1.807) is 6.92 Å². The van der Waals surface area contributed by atoms with Gasteiger partial charge in [0.05, 0.1) is 13.2 Å². The first-order valence-corrected chi connectivity index (χ1v) is 7.93. The molecule has 4 rings (SSSR count). The van der Waals surface area contributed by atoms with Crippen molar-refractivity contribution in [3.05, 3.63) is 0 Å². The second-order valence-corrected chi connectivity index (χ2v) is 7.21. The van der Waals surface area contributed by atoms with Crippen LogP contribution in [0.2, 0.25) is 0 Å². The van der Waals surface area contributed by atoms with Crippen molar-refractivity contribution >= 4 is 12.1 Å². The summed E-state index contributed by atoms with van der Waals surface area (Å²) in [7, 11) is 0. The number of hydrogen-bond acceptors (Lipinski definition) is 5. The molecule has 0 radical (unpaired) electrons. The van der Waals surface area contributed by atoms with E-state index in [4.69, 9.17) is 14.2 Å². The minimum absolute atomic E-state index is 0.00223. The van der Waals surface area contributed by atoms with Gasteiger partial charge in [0.2, 0.25) is 0 Å². The molecule has 0 aromatic rings. The molecule has 5 heteroatoms. The number of carbonyl (C=O) groups excluding carboxylic acids is 2. The summed E-state index contributed by atoms with van der Waals surface area (Å²) < 4.78 is 16.0. The number of rotatable bonds is 4. The largest absolute Gasteiger partial charge is 0.508 e. The fraction of sp³-hybridized carbons (Fsp3) is 0.875. The molecule has 4 saturated carbocycles. The average Bonchev–Trinajstić information content (AvgIpc) is 2.34. The average molecular weight is 296 g/mol. The Morgan fingerprint density at radius 1 is 1.10 bits per heavy atom. The molecule has 0 saturated heterocycles. The molecule has 118 valence electrons. The first-order valence-electron chi connectivity index (χ1n) is 7.93. The van der Waals surface area contributed by atoms with Gasteiger partial charge in [-0.2, -0.15) is 0 Å². The molecule has 0 aromatic heterocycles. The van der Waals surface area contributed by atoms with Crippen molar-refractivity contribution in [2.45, 2.75) is 58.0 Å². The van der Waals surface area contributed by atoms with Gasteiger partial charge in [-0.3, -0.25) is 4.79 Å². The lowest BCUT2D eigenvalue weighted by molar-refractivity contribution is -0.192. The number of carbonyl (C=O) groups is 2. The predicted molar refractivity (Wildman–Crippen MR) is 74.6 cm³/mol. The van der Waals surface area contributed by atoms with Crippen molar-refractivity contribution in [2.24, 2.45) is 17.3 Å². The Morgan fingerprint density at radius 2 is 1.76 bits per heavy atom. The molecular formula is C16H24O5. The third kappa shape index (κ3) is 2.87. The van der Waals surface area contributed by atoms with Crippen LogP contribution in [0.1, 0.15) is 52.4 Å². The third-order valence-corrected chi connectivity index (χ3v) is 5.27. The van der Waals surface area contributed by atoms with Gasteiger partial charge in [0.15, 0.2) is 0 Å². The molecule has 0 aliphatic heterocycles. The molecular weight excluding hydrogens is 272 g/mol. The van der Waals surface area contributed by atoms with Crippen LogP contribution >= 0.6 is 0 Å². The molecule has 21 heavy (non-hydrogen) atoms. The van der Waals surface area contributed by atoms with Crippen molar-refractivity contribution in [1.82, 2.24) is 0 Å².